The van der Waals surface area contributed by atoms with Crippen LogP contribution in [0.25, 0.3) is 0 Å². The van der Waals surface area contributed by atoms with E-state index in [0.29, 0.717) is 0 Å². The molecule has 1 aliphatic heterocycles. The lowest BCUT2D eigenvalue weighted by molar-refractivity contribution is 0.0836. The Morgan fingerprint density at radius 2 is 1.00 bits per heavy atom. The predicted molar refractivity (Wildman–Crippen MR) is 91.5 cm³/mol. The van der Waals surface area contributed by atoms with Crippen molar-refractivity contribution in [1.82, 2.24) is 4.90 Å². The average Bonchev–Trinajstić information content (AvgIpc) is 2.56. The molecule has 3 rings (SSSR count). The first-order valence-corrected chi connectivity index (χ1v) is 9.98. The number of hydrogen-bond donors (Lipinski definition) is 0. The van der Waals surface area contributed by atoms with Gasteiger partial charge in [0, 0.05) is 6.04 Å². The molecule has 0 N–H and O–H groups in total. The number of piperidine rings is 1. The minimum atomic E-state index is 0.757. The summed E-state index contributed by atoms with van der Waals surface area (Å²) in [4.78, 5) is 2.68. The molecule has 122 valence electrons. The van der Waals surface area contributed by atoms with Crippen LogP contribution in [0.4, 0.5) is 0 Å². The average molecular weight is 292 g/mol. The Hall–Kier alpha value is -0.0400. The van der Waals surface area contributed by atoms with Crippen molar-refractivity contribution in [2.75, 3.05) is 13.1 Å². The third kappa shape index (κ3) is 4.03. The van der Waals surface area contributed by atoms with E-state index in [4.69, 9.17) is 0 Å². The van der Waals surface area contributed by atoms with E-state index in [0.717, 1.165) is 29.7 Å². The summed E-state index contributed by atoms with van der Waals surface area (Å²) in [7, 11) is 0. The predicted octanol–water partition coefficient (Wildman–Crippen LogP) is 5.49. The third-order valence-electron chi connectivity index (χ3n) is 7.10. The molecule has 1 heteroatoms. The summed E-state index contributed by atoms with van der Waals surface area (Å²) in [6, 6.07) is 0.757. The molecule has 2 saturated carbocycles. The molecule has 1 heterocycles. The van der Waals surface area contributed by atoms with E-state index in [-0.39, 0.29) is 0 Å². The van der Waals surface area contributed by atoms with E-state index >= 15 is 0 Å². The second-order valence-electron chi connectivity index (χ2n) is 8.54. The van der Waals surface area contributed by atoms with Crippen LogP contribution in [0.1, 0.15) is 84.5 Å². The highest BCUT2D eigenvalue weighted by Crippen LogP contribution is 2.43. The van der Waals surface area contributed by atoms with E-state index in [2.05, 4.69) is 18.7 Å². The Labute approximate surface area is 132 Å². The normalized spacial score (nSPS) is 34.4. The number of nitrogens with zero attached hydrogens (tertiary/aromatic N) is 1. The molecule has 3 aliphatic rings. The maximum Gasteiger partial charge on any atom is 0.00385 e. The van der Waals surface area contributed by atoms with Crippen molar-refractivity contribution in [2.24, 2.45) is 23.7 Å². The van der Waals surface area contributed by atoms with Crippen LogP contribution in [0, 0.1) is 23.7 Å². The first-order chi connectivity index (χ1) is 10.2. The highest BCUT2D eigenvalue weighted by molar-refractivity contribution is 4.85. The summed E-state index contributed by atoms with van der Waals surface area (Å²) < 4.78 is 0. The Morgan fingerprint density at radius 1 is 0.571 bits per heavy atom. The smallest absolute Gasteiger partial charge is 0.00385 e. The first kappa shape index (κ1) is 15.8. The van der Waals surface area contributed by atoms with Crippen LogP contribution < -0.4 is 0 Å². The maximum atomic E-state index is 2.68. The van der Waals surface area contributed by atoms with E-state index in [9.17, 15) is 0 Å². The SMILES string of the molecule is CC(C)N1CCC(C2CCC(C3CCCCC3)CC2)CC1. The number of rotatable bonds is 3. The van der Waals surface area contributed by atoms with Crippen LogP contribution >= 0.6 is 0 Å². The van der Waals surface area contributed by atoms with Gasteiger partial charge in [0.05, 0.1) is 0 Å². The van der Waals surface area contributed by atoms with Crippen molar-refractivity contribution < 1.29 is 0 Å². The molecule has 0 radical (unpaired) electrons. The zero-order valence-corrected chi connectivity index (χ0v) is 14.5. The minimum Gasteiger partial charge on any atom is -0.301 e. The van der Waals surface area contributed by atoms with Gasteiger partial charge in [-0.05, 0) is 89.1 Å². The highest BCUT2D eigenvalue weighted by Gasteiger charge is 2.33. The van der Waals surface area contributed by atoms with Crippen LogP contribution in [0.2, 0.25) is 0 Å². The molecule has 2 aliphatic carbocycles. The number of hydrogen-bond acceptors (Lipinski definition) is 1. The standard InChI is InChI=1S/C20H37N/c1-16(2)21-14-12-20(13-15-21)19-10-8-18(9-11-19)17-6-4-3-5-7-17/h16-20H,3-15H2,1-2H3. The molecule has 0 atom stereocenters. The van der Waals surface area contributed by atoms with Gasteiger partial charge in [-0.3, -0.25) is 0 Å². The molecule has 0 aromatic heterocycles. The topological polar surface area (TPSA) is 3.24 Å². The third-order valence-corrected chi connectivity index (χ3v) is 7.10. The lowest BCUT2D eigenvalue weighted by Crippen LogP contribution is -2.40. The molecule has 3 fully saturated rings. The molecular formula is C20H37N. The van der Waals surface area contributed by atoms with Gasteiger partial charge in [-0.2, -0.15) is 0 Å². The minimum absolute atomic E-state index is 0.757. The summed E-state index contributed by atoms with van der Waals surface area (Å²) in [6.07, 6.45) is 16.9. The largest absolute Gasteiger partial charge is 0.301 e. The van der Waals surface area contributed by atoms with Gasteiger partial charge in [0.15, 0.2) is 0 Å². The molecule has 0 spiro atoms. The fourth-order valence-electron chi connectivity index (χ4n) is 5.60. The van der Waals surface area contributed by atoms with Crippen molar-refractivity contribution >= 4 is 0 Å². The molecule has 1 saturated heterocycles. The fourth-order valence-corrected chi connectivity index (χ4v) is 5.60. The van der Waals surface area contributed by atoms with Gasteiger partial charge < -0.3 is 4.90 Å². The highest BCUT2D eigenvalue weighted by atomic mass is 15.1. The van der Waals surface area contributed by atoms with Crippen LogP contribution in [0.3, 0.4) is 0 Å². The molecule has 0 bridgehead atoms. The second-order valence-corrected chi connectivity index (χ2v) is 8.54. The Morgan fingerprint density at radius 3 is 1.48 bits per heavy atom. The summed E-state index contributed by atoms with van der Waals surface area (Å²) in [6.45, 7) is 7.45. The summed E-state index contributed by atoms with van der Waals surface area (Å²) in [5.74, 6) is 4.37. The maximum absolute atomic E-state index is 2.68. The Bertz CT molecular complexity index is 289. The molecule has 0 unspecified atom stereocenters. The van der Waals surface area contributed by atoms with Crippen molar-refractivity contribution in [1.29, 1.82) is 0 Å². The zero-order chi connectivity index (χ0) is 14.7. The van der Waals surface area contributed by atoms with Gasteiger partial charge >= 0.3 is 0 Å². The molecule has 21 heavy (non-hydrogen) atoms. The Balaban J connectivity index is 1.41. The second kappa shape index (κ2) is 7.49. The van der Waals surface area contributed by atoms with Gasteiger partial charge in [-0.1, -0.05) is 32.1 Å². The molecule has 0 amide bonds. The molecule has 0 aromatic carbocycles. The molecule has 0 aromatic rings. The summed E-state index contributed by atoms with van der Waals surface area (Å²) in [5, 5.41) is 0. The van der Waals surface area contributed by atoms with Crippen LogP contribution in [0.5, 0.6) is 0 Å². The lowest BCUT2D eigenvalue weighted by Gasteiger charge is -2.42. The van der Waals surface area contributed by atoms with Crippen molar-refractivity contribution in [3.8, 4) is 0 Å². The number of likely N-dealkylation sites (tertiary alicyclic amines) is 1. The summed E-state index contributed by atoms with van der Waals surface area (Å²) >= 11 is 0. The zero-order valence-electron chi connectivity index (χ0n) is 14.5. The van der Waals surface area contributed by atoms with Crippen molar-refractivity contribution in [3.05, 3.63) is 0 Å². The summed E-state index contributed by atoms with van der Waals surface area (Å²) in [5.41, 5.74) is 0. The van der Waals surface area contributed by atoms with Crippen molar-refractivity contribution in [3.63, 3.8) is 0 Å². The van der Waals surface area contributed by atoms with E-state index in [1.54, 1.807) is 38.5 Å². The van der Waals surface area contributed by atoms with E-state index in [1.165, 1.54) is 45.2 Å². The van der Waals surface area contributed by atoms with Gasteiger partial charge in [0.25, 0.3) is 0 Å². The van der Waals surface area contributed by atoms with Gasteiger partial charge in [-0.25, -0.2) is 0 Å². The Kier molecular flexibility index (Phi) is 5.65. The van der Waals surface area contributed by atoms with Gasteiger partial charge in [-0.15, -0.1) is 0 Å². The fraction of sp³-hybridized carbons (Fsp3) is 1.00. The molecule has 1 nitrogen and oxygen atoms in total. The first-order valence-electron chi connectivity index (χ1n) is 9.98. The van der Waals surface area contributed by atoms with Crippen LogP contribution in [0.15, 0.2) is 0 Å². The van der Waals surface area contributed by atoms with Gasteiger partial charge in [0.1, 0.15) is 0 Å². The lowest BCUT2D eigenvalue weighted by atomic mass is 9.67. The van der Waals surface area contributed by atoms with E-state index in [1.807, 2.05) is 0 Å². The monoisotopic (exact) mass is 291 g/mol. The van der Waals surface area contributed by atoms with Crippen LogP contribution in [-0.2, 0) is 0 Å². The molecular weight excluding hydrogens is 254 g/mol. The van der Waals surface area contributed by atoms with E-state index < -0.39 is 0 Å². The van der Waals surface area contributed by atoms with Crippen molar-refractivity contribution in [2.45, 2.75) is 90.5 Å². The quantitative estimate of drug-likeness (QED) is 0.664. The van der Waals surface area contributed by atoms with Crippen LogP contribution in [-0.4, -0.2) is 24.0 Å². The van der Waals surface area contributed by atoms with Gasteiger partial charge in [0.2, 0.25) is 0 Å².